The number of methoxy groups -OCH3 is 2. The molecule has 1 aromatic rings. The van der Waals surface area contributed by atoms with Crippen LogP contribution >= 0.6 is 0 Å². The Morgan fingerprint density at radius 2 is 1.89 bits per heavy atom. The Labute approximate surface area is 110 Å². The lowest BCUT2D eigenvalue weighted by atomic mass is 10.0. The van der Waals surface area contributed by atoms with Crippen LogP contribution in [0.4, 0.5) is 0 Å². The second-order valence-electron chi connectivity index (χ2n) is 4.38. The van der Waals surface area contributed by atoms with Crippen LogP contribution in [0.2, 0.25) is 0 Å². The van der Waals surface area contributed by atoms with Crippen LogP contribution in [0.15, 0.2) is 18.2 Å². The number of hydrogen-bond acceptors (Lipinski definition) is 3. The van der Waals surface area contributed by atoms with E-state index in [9.17, 15) is 5.11 Å². The van der Waals surface area contributed by atoms with Gasteiger partial charge in [0.1, 0.15) is 0 Å². The van der Waals surface area contributed by atoms with Gasteiger partial charge in [-0.2, -0.15) is 0 Å². The van der Waals surface area contributed by atoms with Gasteiger partial charge in [0.2, 0.25) is 0 Å². The highest BCUT2D eigenvalue weighted by atomic mass is 16.5. The van der Waals surface area contributed by atoms with E-state index in [4.69, 9.17) is 9.47 Å². The van der Waals surface area contributed by atoms with Crippen molar-refractivity contribution in [3.05, 3.63) is 30.7 Å². The Morgan fingerprint density at radius 1 is 1.17 bits per heavy atom. The summed E-state index contributed by atoms with van der Waals surface area (Å²) in [6.45, 7) is 3.78. The number of aliphatic hydroxyl groups is 1. The zero-order chi connectivity index (χ0) is 13.4. The molecule has 1 unspecified atom stereocenters. The van der Waals surface area contributed by atoms with Crippen LogP contribution in [0.5, 0.6) is 11.5 Å². The molecule has 0 spiro atoms. The molecule has 3 nitrogen and oxygen atoms in total. The van der Waals surface area contributed by atoms with Gasteiger partial charge in [0.05, 0.1) is 20.3 Å². The highest BCUT2D eigenvalue weighted by Gasteiger charge is 2.07. The highest BCUT2D eigenvalue weighted by molar-refractivity contribution is 5.42. The maximum Gasteiger partial charge on any atom is 0.160 e. The minimum absolute atomic E-state index is 0.236. The first-order valence-electron chi connectivity index (χ1n) is 6.39. The first-order valence-corrected chi connectivity index (χ1v) is 6.39. The van der Waals surface area contributed by atoms with Crippen molar-refractivity contribution in [1.29, 1.82) is 0 Å². The summed E-state index contributed by atoms with van der Waals surface area (Å²) in [5.74, 6) is 1.47. The van der Waals surface area contributed by atoms with Crippen molar-refractivity contribution in [2.45, 2.75) is 38.2 Å². The standard InChI is InChI=1S/C15H23O3/c1-4-5-6-13(16)9-7-12-8-10-14(17-2)15(11-12)18-3/h8,10-11,13,16H,1,4-7,9H2,2-3H3. The second kappa shape index (κ2) is 7.98. The van der Waals surface area contributed by atoms with Crippen molar-refractivity contribution in [2.75, 3.05) is 14.2 Å². The van der Waals surface area contributed by atoms with E-state index in [1.165, 1.54) is 0 Å². The largest absolute Gasteiger partial charge is 0.493 e. The summed E-state index contributed by atoms with van der Waals surface area (Å²) in [5, 5.41) is 9.79. The summed E-state index contributed by atoms with van der Waals surface area (Å²) >= 11 is 0. The van der Waals surface area contributed by atoms with Crippen molar-refractivity contribution >= 4 is 0 Å². The molecule has 1 aromatic carbocycles. The molecule has 0 bridgehead atoms. The molecule has 3 heteroatoms. The number of rotatable bonds is 8. The number of benzene rings is 1. The van der Waals surface area contributed by atoms with Crippen LogP contribution in [0.1, 0.15) is 31.2 Å². The lowest BCUT2D eigenvalue weighted by Crippen LogP contribution is -2.07. The molecule has 0 aliphatic rings. The molecule has 1 rings (SSSR count). The van der Waals surface area contributed by atoms with Crippen LogP contribution in [-0.4, -0.2) is 25.4 Å². The molecular weight excluding hydrogens is 228 g/mol. The van der Waals surface area contributed by atoms with Gasteiger partial charge in [-0.05, 0) is 37.0 Å². The molecule has 0 heterocycles. The summed E-state index contributed by atoms with van der Waals surface area (Å²) in [6, 6.07) is 5.87. The minimum atomic E-state index is -0.236. The van der Waals surface area contributed by atoms with Gasteiger partial charge in [0, 0.05) is 0 Å². The maximum absolute atomic E-state index is 9.79. The SMILES string of the molecule is [CH2]CCCC(O)CCc1ccc(OC)c(OC)c1. The monoisotopic (exact) mass is 251 g/mol. The molecule has 0 fully saturated rings. The number of hydrogen-bond donors (Lipinski definition) is 1. The quantitative estimate of drug-likeness (QED) is 0.772. The van der Waals surface area contributed by atoms with Gasteiger partial charge in [-0.15, -0.1) is 0 Å². The Kier molecular flexibility index (Phi) is 6.58. The minimum Gasteiger partial charge on any atom is -0.493 e. The van der Waals surface area contributed by atoms with Crippen LogP contribution in [0, 0.1) is 6.92 Å². The molecule has 0 aromatic heterocycles. The molecule has 18 heavy (non-hydrogen) atoms. The Morgan fingerprint density at radius 3 is 2.50 bits per heavy atom. The van der Waals surface area contributed by atoms with Crippen LogP contribution < -0.4 is 9.47 Å². The summed E-state index contributed by atoms with van der Waals surface area (Å²) in [5.41, 5.74) is 1.15. The normalized spacial score (nSPS) is 12.2. The van der Waals surface area contributed by atoms with Crippen molar-refractivity contribution in [3.8, 4) is 11.5 Å². The van der Waals surface area contributed by atoms with Gasteiger partial charge in [-0.1, -0.05) is 25.8 Å². The topological polar surface area (TPSA) is 38.7 Å². The lowest BCUT2D eigenvalue weighted by molar-refractivity contribution is 0.152. The second-order valence-corrected chi connectivity index (χ2v) is 4.38. The van der Waals surface area contributed by atoms with Gasteiger partial charge < -0.3 is 14.6 Å². The van der Waals surface area contributed by atoms with Crippen molar-refractivity contribution in [3.63, 3.8) is 0 Å². The summed E-state index contributed by atoms with van der Waals surface area (Å²) in [7, 11) is 3.25. The average molecular weight is 251 g/mol. The van der Waals surface area contributed by atoms with Crippen LogP contribution in [0.25, 0.3) is 0 Å². The number of unbranched alkanes of at least 4 members (excludes halogenated alkanes) is 1. The number of aryl methyl sites for hydroxylation is 1. The zero-order valence-corrected chi connectivity index (χ0v) is 11.3. The maximum atomic E-state index is 9.79. The molecular formula is C15H23O3. The third-order valence-electron chi connectivity index (χ3n) is 3.00. The van der Waals surface area contributed by atoms with Gasteiger partial charge in [-0.25, -0.2) is 0 Å². The summed E-state index contributed by atoms with van der Waals surface area (Å²) in [4.78, 5) is 0. The van der Waals surface area contributed by atoms with Crippen LogP contribution in [0.3, 0.4) is 0 Å². The number of ether oxygens (including phenoxy) is 2. The molecule has 0 aliphatic carbocycles. The van der Waals surface area contributed by atoms with Crippen molar-refractivity contribution in [2.24, 2.45) is 0 Å². The fourth-order valence-corrected chi connectivity index (χ4v) is 1.89. The molecule has 1 N–H and O–H groups in total. The van der Waals surface area contributed by atoms with E-state index in [2.05, 4.69) is 6.92 Å². The highest BCUT2D eigenvalue weighted by Crippen LogP contribution is 2.28. The Balaban J connectivity index is 2.52. The third-order valence-corrected chi connectivity index (χ3v) is 3.00. The first kappa shape index (κ1) is 14.8. The molecule has 0 aliphatic heterocycles. The van der Waals surface area contributed by atoms with E-state index < -0.39 is 0 Å². The predicted octanol–water partition coefficient (Wildman–Crippen LogP) is 3.00. The van der Waals surface area contributed by atoms with E-state index in [-0.39, 0.29) is 6.10 Å². The van der Waals surface area contributed by atoms with Crippen molar-refractivity contribution < 1.29 is 14.6 Å². The average Bonchev–Trinajstić information content (AvgIpc) is 2.42. The summed E-state index contributed by atoms with van der Waals surface area (Å²) in [6.07, 6.45) is 4.07. The van der Waals surface area contributed by atoms with Crippen molar-refractivity contribution in [1.82, 2.24) is 0 Å². The summed E-state index contributed by atoms with van der Waals surface area (Å²) < 4.78 is 10.4. The van der Waals surface area contributed by atoms with E-state index in [1.807, 2.05) is 18.2 Å². The van der Waals surface area contributed by atoms with E-state index >= 15 is 0 Å². The molecule has 1 radical (unpaired) electrons. The predicted molar refractivity (Wildman–Crippen MR) is 73.1 cm³/mol. The molecule has 101 valence electrons. The smallest absolute Gasteiger partial charge is 0.160 e. The van der Waals surface area contributed by atoms with Gasteiger partial charge >= 0.3 is 0 Å². The van der Waals surface area contributed by atoms with Gasteiger partial charge in [0.25, 0.3) is 0 Å². The molecule has 0 amide bonds. The lowest BCUT2D eigenvalue weighted by Gasteiger charge is -2.12. The van der Waals surface area contributed by atoms with Gasteiger partial charge in [-0.3, -0.25) is 0 Å². The van der Waals surface area contributed by atoms with E-state index in [0.717, 1.165) is 49.2 Å². The molecule has 0 saturated carbocycles. The van der Waals surface area contributed by atoms with Crippen LogP contribution in [-0.2, 0) is 6.42 Å². The van der Waals surface area contributed by atoms with E-state index in [0.29, 0.717) is 0 Å². The Bertz CT molecular complexity index is 350. The zero-order valence-electron chi connectivity index (χ0n) is 11.3. The molecule has 1 atom stereocenters. The fraction of sp³-hybridized carbons (Fsp3) is 0.533. The Hall–Kier alpha value is -1.22. The first-order chi connectivity index (χ1) is 8.71. The molecule has 0 saturated heterocycles. The third kappa shape index (κ3) is 4.57. The fourth-order valence-electron chi connectivity index (χ4n) is 1.89. The number of aliphatic hydroxyl groups excluding tert-OH is 1. The van der Waals surface area contributed by atoms with E-state index in [1.54, 1.807) is 14.2 Å². The van der Waals surface area contributed by atoms with Gasteiger partial charge in [0.15, 0.2) is 11.5 Å².